The summed E-state index contributed by atoms with van der Waals surface area (Å²) >= 11 is 9.63. The second kappa shape index (κ2) is 10.1. The minimum atomic E-state index is -0.831. The van der Waals surface area contributed by atoms with Crippen molar-refractivity contribution in [2.24, 2.45) is 0 Å². The molecule has 35 heavy (non-hydrogen) atoms. The smallest absolute Gasteiger partial charge is 0.335 e. The van der Waals surface area contributed by atoms with Crippen molar-refractivity contribution in [3.05, 3.63) is 97.5 Å². The minimum Gasteiger partial charge on any atom is -0.488 e. The second-order valence-corrected chi connectivity index (χ2v) is 9.63. The maximum atomic E-state index is 13.3. The number of benzene rings is 3. The summed E-state index contributed by atoms with van der Waals surface area (Å²) < 4.78 is 6.80. The maximum Gasteiger partial charge on any atom is 0.335 e. The van der Waals surface area contributed by atoms with Crippen LogP contribution in [0.15, 0.2) is 64.6 Å². The van der Waals surface area contributed by atoms with Gasteiger partial charge in [0.05, 0.1) is 5.69 Å². The monoisotopic (exact) mass is 552 g/mol. The number of carbonyl (C=O) groups is 3. The Hall–Kier alpha value is -3.42. The molecular formula is C27H22BrClN2O4. The molecule has 0 radical (unpaired) electrons. The Kier molecular flexibility index (Phi) is 7.10. The van der Waals surface area contributed by atoms with Gasteiger partial charge >= 0.3 is 6.03 Å². The number of nitrogens with zero attached hydrogens (tertiary/aromatic N) is 1. The number of nitrogens with one attached hydrogen (secondary N) is 1. The zero-order valence-corrected chi connectivity index (χ0v) is 21.7. The van der Waals surface area contributed by atoms with Crippen LogP contribution in [0.25, 0.3) is 6.08 Å². The Morgan fingerprint density at radius 3 is 2.43 bits per heavy atom. The summed E-state index contributed by atoms with van der Waals surface area (Å²) in [6.07, 6.45) is 1.43. The maximum absolute atomic E-state index is 13.3. The first-order valence-electron chi connectivity index (χ1n) is 10.8. The van der Waals surface area contributed by atoms with E-state index in [1.54, 1.807) is 37.3 Å². The van der Waals surface area contributed by atoms with Gasteiger partial charge in [-0.25, -0.2) is 9.69 Å². The molecule has 1 fully saturated rings. The lowest BCUT2D eigenvalue weighted by atomic mass is 10.0. The van der Waals surface area contributed by atoms with Gasteiger partial charge in [-0.15, -0.1) is 0 Å². The number of hydrogen-bond acceptors (Lipinski definition) is 4. The summed E-state index contributed by atoms with van der Waals surface area (Å²) in [6, 6.07) is 15.6. The molecule has 0 spiro atoms. The molecule has 1 N–H and O–H groups in total. The molecule has 4 amide bonds. The highest BCUT2D eigenvalue weighted by atomic mass is 79.9. The fourth-order valence-corrected chi connectivity index (χ4v) is 4.50. The van der Waals surface area contributed by atoms with E-state index in [1.165, 1.54) is 6.08 Å². The van der Waals surface area contributed by atoms with Crippen molar-refractivity contribution in [2.45, 2.75) is 27.4 Å². The van der Waals surface area contributed by atoms with Gasteiger partial charge in [0.2, 0.25) is 0 Å². The summed E-state index contributed by atoms with van der Waals surface area (Å²) in [6.45, 7) is 6.06. The van der Waals surface area contributed by atoms with Crippen LogP contribution < -0.4 is 15.0 Å². The van der Waals surface area contributed by atoms with E-state index in [4.69, 9.17) is 16.3 Å². The van der Waals surface area contributed by atoms with Gasteiger partial charge in [-0.1, -0.05) is 62.9 Å². The average Bonchev–Trinajstić information content (AvgIpc) is 2.78. The number of aryl methyl sites for hydroxylation is 2. The Morgan fingerprint density at radius 1 is 1.00 bits per heavy atom. The number of anilines is 1. The lowest BCUT2D eigenvalue weighted by Crippen LogP contribution is -2.54. The van der Waals surface area contributed by atoms with Crippen molar-refractivity contribution in [1.82, 2.24) is 5.32 Å². The highest BCUT2D eigenvalue weighted by molar-refractivity contribution is 9.10. The van der Waals surface area contributed by atoms with Crippen LogP contribution in [0.3, 0.4) is 0 Å². The molecule has 0 bridgehead atoms. The van der Waals surface area contributed by atoms with E-state index in [2.05, 4.69) is 27.3 Å². The Balaban J connectivity index is 1.70. The van der Waals surface area contributed by atoms with Crippen molar-refractivity contribution >= 4 is 57.1 Å². The van der Waals surface area contributed by atoms with Crippen LogP contribution in [-0.4, -0.2) is 17.8 Å². The van der Waals surface area contributed by atoms with Crippen LogP contribution in [0.5, 0.6) is 5.75 Å². The molecule has 0 saturated carbocycles. The van der Waals surface area contributed by atoms with E-state index in [-0.39, 0.29) is 5.57 Å². The fourth-order valence-electron chi connectivity index (χ4n) is 3.95. The van der Waals surface area contributed by atoms with Crippen LogP contribution in [0, 0.1) is 20.8 Å². The number of urea groups is 1. The van der Waals surface area contributed by atoms with Crippen molar-refractivity contribution < 1.29 is 19.1 Å². The number of halogens is 2. The quantitative estimate of drug-likeness (QED) is 0.298. The van der Waals surface area contributed by atoms with E-state index in [1.807, 2.05) is 32.0 Å². The third-order valence-corrected chi connectivity index (χ3v) is 6.43. The van der Waals surface area contributed by atoms with Gasteiger partial charge in [-0.3, -0.25) is 14.9 Å². The Labute approximate surface area is 216 Å². The van der Waals surface area contributed by atoms with E-state index >= 15 is 0 Å². The van der Waals surface area contributed by atoms with Crippen molar-refractivity contribution in [3.8, 4) is 5.75 Å². The highest BCUT2D eigenvalue weighted by Crippen LogP contribution is 2.31. The predicted molar refractivity (Wildman–Crippen MR) is 140 cm³/mol. The van der Waals surface area contributed by atoms with Gasteiger partial charge in [-0.05, 0) is 68.3 Å². The van der Waals surface area contributed by atoms with Crippen molar-refractivity contribution in [3.63, 3.8) is 0 Å². The average molecular weight is 554 g/mol. The molecular weight excluding hydrogens is 532 g/mol. The lowest BCUT2D eigenvalue weighted by Gasteiger charge is -2.28. The van der Waals surface area contributed by atoms with Crippen molar-refractivity contribution in [1.29, 1.82) is 0 Å². The standard InChI is InChI=1S/C27H22BrClN2O4/c1-15-9-16(2)11-18(10-15)14-35-24-8-7-20(28)12-19(24)13-21-25(32)30-27(34)31(26(21)33)23-6-4-5-22(29)17(23)3/h4-13H,14H2,1-3H3,(H,30,32,34)/b21-13+. The van der Waals surface area contributed by atoms with Crippen LogP contribution >= 0.6 is 27.5 Å². The summed E-state index contributed by atoms with van der Waals surface area (Å²) in [4.78, 5) is 39.5. The number of ether oxygens (including phenoxy) is 1. The molecule has 1 heterocycles. The molecule has 0 aliphatic carbocycles. The third-order valence-electron chi connectivity index (χ3n) is 5.53. The number of carbonyl (C=O) groups excluding carboxylic acids is 3. The number of barbiturate groups is 1. The molecule has 3 aromatic carbocycles. The van der Waals surface area contributed by atoms with Gasteiger partial charge in [0.1, 0.15) is 17.9 Å². The second-order valence-electron chi connectivity index (χ2n) is 8.31. The number of hydrogen-bond donors (Lipinski definition) is 1. The van der Waals surface area contributed by atoms with Crippen LogP contribution in [-0.2, 0) is 16.2 Å². The van der Waals surface area contributed by atoms with Gasteiger partial charge in [0, 0.05) is 15.1 Å². The highest BCUT2D eigenvalue weighted by Gasteiger charge is 2.37. The van der Waals surface area contributed by atoms with Crippen LogP contribution in [0.4, 0.5) is 10.5 Å². The Bertz CT molecular complexity index is 1380. The topological polar surface area (TPSA) is 75.7 Å². The zero-order chi connectivity index (χ0) is 25.3. The van der Waals surface area contributed by atoms with Crippen LogP contribution in [0.1, 0.15) is 27.8 Å². The van der Waals surface area contributed by atoms with Gasteiger partial charge in [0.25, 0.3) is 11.8 Å². The SMILES string of the molecule is Cc1cc(C)cc(COc2ccc(Br)cc2/C=C2\C(=O)NC(=O)N(c3cccc(Cl)c3C)C2=O)c1. The Morgan fingerprint density at radius 2 is 1.71 bits per heavy atom. The third kappa shape index (κ3) is 5.31. The van der Waals surface area contributed by atoms with Gasteiger partial charge in [-0.2, -0.15) is 0 Å². The normalized spacial score (nSPS) is 14.9. The van der Waals surface area contributed by atoms with Gasteiger partial charge < -0.3 is 4.74 Å². The molecule has 4 rings (SSSR count). The summed E-state index contributed by atoms with van der Waals surface area (Å²) in [5, 5.41) is 2.65. The molecule has 1 aliphatic rings. The van der Waals surface area contributed by atoms with Gasteiger partial charge in [0.15, 0.2) is 0 Å². The first kappa shape index (κ1) is 24.7. The van der Waals surface area contributed by atoms with Crippen LogP contribution in [0.2, 0.25) is 5.02 Å². The molecule has 0 unspecified atom stereocenters. The number of rotatable bonds is 5. The summed E-state index contributed by atoms with van der Waals surface area (Å²) in [5.74, 6) is -1.04. The summed E-state index contributed by atoms with van der Waals surface area (Å²) in [7, 11) is 0. The minimum absolute atomic E-state index is 0.196. The molecule has 6 nitrogen and oxygen atoms in total. The summed E-state index contributed by atoms with van der Waals surface area (Å²) in [5.41, 5.74) is 4.44. The first-order valence-corrected chi connectivity index (χ1v) is 12.0. The molecule has 8 heteroatoms. The molecule has 0 aromatic heterocycles. The largest absolute Gasteiger partial charge is 0.488 e. The molecule has 1 saturated heterocycles. The molecule has 3 aromatic rings. The van der Waals surface area contributed by atoms with E-state index in [0.29, 0.717) is 34.2 Å². The first-order chi connectivity index (χ1) is 16.6. The van der Waals surface area contributed by atoms with E-state index in [0.717, 1.165) is 26.1 Å². The zero-order valence-electron chi connectivity index (χ0n) is 19.3. The molecule has 1 aliphatic heterocycles. The van der Waals surface area contributed by atoms with Crippen molar-refractivity contribution in [2.75, 3.05) is 4.90 Å². The lowest BCUT2D eigenvalue weighted by molar-refractivity contribution is -0.122. The molecule has 0 atom stereocenters. The predicted octanol–water partition coefficient (Wildman–Crippen LogP) is 6.27. The number of imide groups is 2. The van der Waals surface area contributed by atoms with E-state index < -0.39 is 17.8 Å². The van der Waals surface area contributed by atoms with E-state index in [9.17, 15) is 14.4 Å². The fraction of sp³-hybridized carbons (Fsp3) is 0.148. The molecule has 178 valence electrons. The number of amides is 4.